The lowest BCUT2D eigenvalue weighted by Gasteiger charge is -2.47. The number of aliphatic hydroxyl groups excluding tert-OH is 8. The van der Waals surface area contributed by atoms with Crippen LogP contribution in [0.3, 0.4) is 0 Å². The predicted octanol–water partition coefficient (Wildman–Crippen LogP) is -5.24. The number of imidazole rings is 1. The molecule has 36 nitrogen and oxygen atoms in total. The lowest BCUT2D eigenvalue weighted by atomic mass is 9.95. The van der Waals surface area contributed by atoms with Gasteiger partial charge in [0.25, 0.3) is 5.91 Å². The first-order valence-electron chi connectivity index (χ1n) is 30.3. The van der Waals surface area contributed by atoms with Crippen molar-refractivity contribution in [2.45, 2.75) is 183 Å². The van der Waals surface area contributed by atoms with Gasteiger partial charge in [0.15, 0.2) is 30.3 Å². The standard InChI is InChI=1S/C57H85N15O21S3/c1-22-37(69-50(72-48(22)60)27(14-35(59)78)64-15-26(58)49(61)84)52(86)71-39(45(28-16-63-21-65-28)91-56-47(43(82)41(80)33(17-73)90-56)92-55-44(83)46(93-57(62)88)42(81)34(18-74)89-55)53(87)66-24(3)40(79)23(2)51(85)70-38(25(4)75)32(77)11-9-12-36-67-30(20-94-36)54-68-29(19-95-54)31(76)10-7-8-13-96(5)6/h16,19-21,23-27,33-34,38-47,55-56,64,73-75,79-83H,7-15,17-18,58H2,1-6H3,(H11-,59,60,61,62,63,65,66,69,70,71,72,78,84,85,86,87,88)/p+1/t23-,24+,25+,26-,27-,33-,34+,38-,39-,40-,41+,42+,43-,44-,45?,46-,47-,55+,56-/m0/s1. The summed E-state index contributed by atoms with van der Waals surface area (Å²) in [4.78, 5) is 131. The number of hydrogen-bond donors (Lipinski definition) is 18. The number of aromatic amines is 1. The average molecular weight is 1410 g/mol. The Morgan fingerprint density at radius 2 is 1.48 bits per heavy atom. The Hall–Kier alpha value is -6.90. The minimum atomic E-state index is -2.19. The van der Waals surface area contributed by atoms with Crippen LogP contribution in [0.1, 0.15) is 115 Å². The number of nitrogens with two attached hydrogens (primary N) is 5. The van der Waals surface area contributed by atoms with E-state index >= 15 is 4.79 Å². The lowest BCUT2D eigenvalue weighted by molar-refractivity contribution is -0.372. The van der Waals surface area contributed by atoms with Crippen molar-refractivity contribution in [1.29, 1.82) is 0 Å². The average Bonchev–Trinajstić information content (AvgIpc) is 0.885. The molecule has 4 aromatic rings. The number of anilines is 1. The molecule has 1 unspecified atom stereocenters. The molecular weight excluding hydrogens is 1330 g/mol. The Morgan fingerprint density at radius 1 is 0.792 bits per heavy atom. The van der Waals surface area contributed by atoms with Gasteiger partial charge >= 0.3 is 6.09 Å². The van der Waals surface area contributed by atoms with Crippen molar-refractivity contribution in [1.82, 2.24) is 51.2 Å². The fourth-order valence-electron chi connectivity index (χ4n) is 10.2. The monoisotopic (exact) mass is 1410 g/mol. The van der Waals surface area contributed by atoms with E-state index in [1.54, 1.807) is 10.8 Å². The maximum atomic E-state index is 15.2. The number of unbranched alkanes of at least 4 members (excludes halogenated alkanes) is 1. The van der Waals surface area contributed by atoms with Crippen LogP contribution in [0.4, 0.5) is 10.6 Å². The van der Waals surface area contributed by atoms with Gasteiger partial charge in [0, 0.05) is 42.1 Å². The fourth-order valence-corrected chi connectivity index (χ4v) is 12.7. The normalized spacial score (nSPS) is 24.1. The van der Waals surface area contributed by atoms with Crippen LogP contribution in [0.25, 0.3) is 10.7 Å². The van der Waals surface area contributed by atoms with Gasteiger partial charge in [-0.1, -0.05) is 6.92 Å². The van der Waals surface area contributed by atoms with E-state index in [4.69, 9.17) is 52.4 Å². The molecule has 0 aromatic carbocycles. The van der Waals surface area contributed by atoms with Gasteiger partial charge < -0.3 is 119 Å². The SMILES string of the molecule is Cc1c(N)nc([C@H](CC(N)=O)NC[C@H](N)C(N)=O)nc1C(=O)N[C@H](C(=O)N[C@H](C)[C@@H](O)[C@H](C)C(=O)N[C@H](C(=O)CCCc1nc(-c2nc(C(=O)CCCC[S+](C)C)cs2)cs1)[C@@H](C)O)C(O[C@@H]1O[C@@H](CO)[C@@H](O)[C@H](O)[C@@H]1O[C@H]1O[C@H](CO)[C@@H](O)[C@H](OC(N)=O)[C@@H]1O)c1cnc[nH]1. The number of aromatic nitrogens is 6. The molecule has 6 rings (SSSR count). The molecular formula is C57H86N15O21S3+. The quantitative estimate of drug-likeness (QED) is 0.0114. The van der Waals surface area contributed by atoms with Crippen LogP contribution in [-0.2, 0) is 65.0 Å². The zero-order valence-corrected chi connectivity index (χ0v) is 55.7. The maximum Gasteiger partial charge on any atom is 0.404 e. The summed E-state index contributed by atoms with van der Waals surface area (Å²) in [7, 11) is 0.298. The Labute approximate surface area is 560 Å². The zero-order chi connectivity index (χ0) is 71.0. The number of rotatable bonds is 37. The number of ether oxygens (including phenoxy) is 5. The van der Waals surface area contributed by atoms with E-state index in [9.17, 15) is 74.4 Å². The fraction of sp³-hybridized carbons (Fsp3) is 0.632. The minimum Gasteiger partial charge on any atom is -0.441 e. The predicted molar refractivity (Wildman–Crippen MR) is 341 cm³/mol. The second kappa shape index (κ2) is 36.1. The lowest BCUT2D eigenvalue weighted by Crippen LogP contribution is -2.65. The van der Waals surface area contributed by atoms with Gasteiger partial charge in [0.2, 0.25) is 23.6 Å². The molecule has 0 spiro atoms. The molecule has 2 aliphatic heterocycles. The first-order chi connectivity index (χ1) is 45.3. The van der Waals surface area contributed by atoms with Crippen LogP contribution < -0.4 is 49.9 Å². The molecule has 6 amide bonds. The minimum absolute atomic E-state index is 0.0380. The molecule has 0 radical (unpaired) electrons. The molecule has 23 N–H and O–H groups in total. The Bertz CT molecular complexity index is 3280. The number of carbonyl (C=O) groups excluding carboxylic acids is 8. The third-order valence-electron chi connectivity index (χ3n) is 15.8. The molecule has 0 aliphatic carbocycles. The van der Waals surface area contributed by atoms with Gasteiger partial charge in [-0.2, -0.15) is 0 Å². The zero-order valence-electron chi connectivity index (χ0n) is 53.3. The van der Waals surface area contributed by atoms with E-state index in [0.717, 1.165) is 31.1 Å². The Morgan fingerprint density at radius 3 is 2.10 bits per heavy atom. The number of carbonyl (C=O) groups is 8. The van der Waals surface area contributed by atoms with Crippen LogP contribution in [0.5, 0.6) is 0 Å². The van der Waals surface area contributed by atoms with Crippen molar-refractivity contribution in [3.05, 3.63) is 56.8 Å². The first kappa shape index (κ1) is 78.1. The van der Waals surface area contributed by atoms with E-state index in [-0.39, 0.29) is 48.1 Å². The van der Waals surface area contributed by atoms with Gasteiger partial charge in [0.1, 0.15) is 100 Å². The third-order valence-corrected chi connectivity index (χ3v) is 18.6. The number of hydrogen-bond acceptors (Lipinski definition) is 31. The van der Waals surface area contributed by atoms with Crippen LogP contribution >= 0.6 is 22.7 Å². The third kappa shape index (κ3) is 20.8. The second-order valence-electron chi connectivity index (χ2n) is 23.4. The van der Waals surface area contributed by atoms with Crippen molar-refractivity contribution < 1.29 is 103 Å². The van der Waals surface area contributed by atoms with E-state index in [0.29, 0.717) is 45.1 Å². The van der Waals surface area contributed by atoms with E-state index in [1.165, 1.54) is 50.4 Å². The van der Waals surface area contributed by atoms with Crippen molar-refractivity contribution in [2.24, 2.45) is 28.9 Å². The van der Waals surface area contributed by atoms with Gasteiger partial charge in [-0.05, 0) is 57.3 Å². The second-order valence-corrected chi connectivity index (χ2v) is 27.5. The van der Waals surface area contributed by atoms with E-state index in [2.05, 4.69) is 63.7 Å². The van der Waals surface area contributed by atoms with Gasteiger partial charge in [-0.15, -0.1) is 22.7 Å². The van der Waals surface area contributed by atoms with E-state index in [1.807, 2.05) is 0 Å². The van der Waals surface area contributed by atoms with Gasteiger partial charge in [-0.3, -0.25) is 33.6 Å². The van der Waals surface area contributed by atoms with Crippen molar-refractivity contribution >= 4 is 86.6 Å². The van der Waals surface area contributed by atoms with Crippen molar-refractivity contribution in [3.63, 3.8) is 0 Å². The number of aryl methyl sites for hydroxylation is 1. The van der Waals surface area contributed by atoms with Crippen LogP contribution in [0.2, 0.25) is 0 Å². The largest absolute Gasteiger partial charge is 0.441 e. The smallest absolute Gasteiger partial charge is 0.404 e. The highest BCUT2D eigenvalue weighted by Gasteiger charge is 2.54. The molecule has 96 heavy (non-hydrogen) atoms. The summed E-state index contributed by atoms with van der Waals surface area (Å²) in [6, 6.07) is -7.69. The molecule has 532 valence electrons. The summed E-state index contributed by atoms with van der Waals surface area (Å²) in [5.41, 5.74) is 28.3. The summed E-state index contributed by atoms with van der Waals surface area (Å²) in [6.45, 7) is 2.76. The number of nitrogen functional groups attached to an aromatic ring is 1. The summed E-state index contributed by atoms with van der Waals surface area (Å²) in [5, 5.41) is 103. The van der Waals surface area contributed by atoms with E-state index < -0.39 is 183 Å². The summed E-state index contributed by atoms with van der Waals surface area (Å²) in [6.07, 6.45) is -18.2. The first-order valence-corrected chi connectivity index (χ1v) is 34.3. The number of ketones is 2. The van der Waals surface area contributed by atoms with Crippen LogP contribution in [0, 0.1) is 12.8 Å². The Balaban J connectivity index is 1.26. The molecule has 4 aromatic heterocycles. The van der Waals surface area contributed by atoms with Crippen LogP contribution in [0.15, 0.2) is 23.3 Å². The van der Waals surface area contributed by atoms with Crippen molar-refractivity contribution in [2.75, 3.05) is 43.8 Å². The number of aliphatic hydroxyl groups is 8. The highest BCUT2D eigenvalue weighted by molar-refractivity contribution is 7.95. The molecule has 0 saturated carbocycles. The highest BCUT2D eigenvalue weighted by Crippen LogP contribution is 2.35. The number of primary amides is 3. The highest BCUT2D eigenvalue weighted by atomic mass is 32.2. The molecule has 2 aliphatic rings. The molecule has 2 fully saturated rings. The number of amides is 6. The Kier molecular flexibility index (Phi) is 29.4. The molecule has 2 saturated heterocycles. The molecule has 0 bridgehead atoms. The number of Topliss-reactive ketones (excluding diaryl/α,β-unsaturated/α-hetero) is 2. The van der Waals surface area contributed by atoms with Gasteiger partial charge in [-0.25, -0.2) is 29.7 Å². The molecule has 19 atom stereocenters. The maximum absolute atomic E-state index is 15.2. The topological polar surface area (TPSA) is 603 Å². The number of thiazole rings is 2. The summed E-state index contributed by atoms with van der Waals surface area (Å²) < 4.78 is 28.8. The molecule has 39 heteroatoms. The molecule has 6 heterocycles. The number of H-pyrrole nitrogens is 1. The van der Waals surface area contributed by atoms with Crippen LogP contribution in [-0.4, -0.2) is 254 Å². The van der Waals surface area contributed by atoms with Gasteiger partial charge in [0.05, 0.1) is 85.2 Å². The summed E-state index contributed by atoms with van der Waals surface area (Å²) >= 11 is 2.64. The number of nitrogens with zero attached hydrogens (tertiary/aromatic N) is 5. The number of nitrogens with one attached hydrogen (secondary N) is 5. The summed E-state index contributed by atoms with van der Waals surface area (Å²) in [5.74, 6) is -6.99. The van der Waals surface area contributed by atoms with Crippen molar-refractivity contribution in [3.8, 4) is 10.7 Å².